The first-order chi connectivity index (χ1) is 14.5. The molecule has 0 radical (unpaired) electrons. The standard InChI is InChI=1S/C21H19N5O3S/c22-21-24-14-9-8-13(11-15(14)25-21)23-20(29)18(27)17(12-5-2-1-3-6-12)26-19(28)16-7-4-10-30-16/h1-11,17-18,27H,(H,23,29)(H,26,28)(H3,22,24,25). The summed E-state index contributed by atoms with van der Waals surface area (Å²) in [6.07, 6.45) is -1.51. The highest BCUT2D eigenvalue weighted by Crippen LogP contribution is 2.22. The van der Waals surface area contributed by atoms with Crippen molar-refractivity contribution in [3.8, 4) is 0 Å². The number of nitrogen functional groups attached to an aromatic ring is 1. The predicted molar refractivity (Wildman–Crippen MR) is 116 cm³/mol. The second-order valence-corrected chi connectivity index (χ2v) is 7.57. The van der Waals surface area contributed by atoms with Crippen LogP contribution in [0.5, 0.6) is 0 Å². The maximum atomic E-state index is 12.8. The number of aliphatic hydroxyl groups is 1. The number of nitrogens with two attached hydrogens (primary N) is 1. The number of aromatic amines is 1. The molecular weight excluding hydrogens is 402 g/mol. The lowest BCUT2D eigenvalue weighted by molar-refractivity contribution is -0.125. The number of nitrogens with zero attached hydrogens (tertiary/aromatic N) is 1. The van der Waals surface area contributed by atoms with Crippen LogP contribution in [0, 0.1) is 0 Å². The summed E-state index contributed by atoms with van der Waals surface area (Å²) in [5.41, 5.74) is 8.05. The maximum Gasteiger partial charge on any atom is 0.261 e. The molecule has 2 atom stereocenters. The molecular formula is C21H19N5O3S. The molecule has 4 rings (SSSR count). The minimum absolute atomic E-state index is 0.272. The highest BCUT2D eigenvalue weighted by Gasteiger charge is 2.29. The third kappa shape index (κ3) is 4.17. The van der Waals surface area contributed by atoms with Crippen molar-refractivity contribution in [3.63, 3.8) is 0 Å². The Labute approximate surface area is 175 Å². The number of aliphatic hydroxyl groups excluding tert-OH is 1. The first kappa shape index (κ1) is 19.6. The van der Waals surface area contributed by atoms with Crippen molar-refractivity contribution in [3.05, 3.63) is 76.5 Å². The molecule has 0 saturated heterocycles. The molecule has 152 valence electrons. The minimum Gasteiger partial charge on any atom is -0.381 e. The van der Waals surface area contributed by atoms with Crippen LogP contribution in [0.1, 0.15) is 21.3 Å². The highest BCUT2D eigenvalue weighted by molar-refractivity contribution is 7.12. The molecule has 0 bridgehead atoms. The SMILES string of the molecule is Nc1nc2ccc(NC(=O)C(O)C(NC(=O)c3cccs3)c3ccccc3)cc2[nH]1. The number of aromatic nitrogens is 2. The zero-order valence-corrected chi connectivity index (χ0v) is 16.5. The van der Waals surface area contributed by atoms with Crippen LogP contribution in [-0.4, -0.2) is 33.0 Å². The average molecular weight is 421 g/mol. The summed E-state index contributed by atoms with van der Waals surface area (Å²) in [5.74, 6) is -0.740. The highest BCUT2D eigenvalue weighted by atomic mass is 32.1. The summed E-state index contributed by atoms with van der Waals surface area (Å²) in [7, 11) is 0. The van der Waals surface area contributed by atoms with Crippen molar-refractivity contribution in [2.75, 3.05) is 11.1 Å². The van der Waals surface area contributed by atoms with E-state index in [0.717, 1.165) is 0 Å². The van der Waals surface area contributed by atoms with Gasteiger partial charge < -0.3 is 26.5 Å². The van der Waals surface area contributed by atoms with Gasteiger partial charge >= 0.3 is 0 Å². The largest absolute Gasteiger partial charge is 0.381 e. The van der Waals surface area contributed by atoms with Crippen LogP contribution in [0.3, 0.4) is 0 Å². The molecule has 0 aliphatic rings. The Morgan fingerprint density at radius 1 is 1.10 bits per heavy atom. The fraction of sp³-hybridized carbons (Fsp3) is 0.0952. The van der Waals surface area contributed by atoms with Crippen molar-refractivity contribution < 1.29 is 14.7 Å². The fourth-order valence-electron chi connectivity index (χ4n) is 3.10. The Morgan fingerprint density at radius 3 is 2.63 bits per heavy atom. The van der Waals surface area contributed by atoms with Crippen LogP contribution in [0.15, 0.2) is 66.0 Å². The van der Waals surface area contributed by atoms with Crippen molar-refractivity contribution in [1.82, 2.24) is 15.3 Å². The molecule has 2 aromatic carbocycles. The van der Waals surface area contributed by atoms with E-state index in [4.69, 9.17) is 5.73 Å². The van der Waals surface area contributed by atoms with Gasteiger partial charge in [0.15, 0.2) is 12.1 Å². The van der Waals surface area contributed by atoms with E-state index in [1.54, 1.807) is 60.0 Å². The van der Waals surface area contributed by atoms with Gasteiger partial charge in [-0.15, -0.1) is 11.3 Å². The van der Waals surface area contributed by atoms with E-state index in [1.165, 1.54) is 11.3 Å². The van der Waals surface area contributed by atoms with E-state index in [0.29, 0.717) is 27.2 Å². The number of thiophene rings is 1. The molecule has 0 saturated carbocycles. The van der Waals surface area contributed by atoms with Crippen molar-refractivity contribution in [1.29, 1.82) is 0 Å². The lowest BCUT2D eigenvalue weighted by atomic mass is 10.0. The Bertz CT molecular complexity index is 1170. The lowest BCUT2D eigenvalue weighted by Gasteiger charge is -2.24. The third-order valence-corrected chi connectivity index (χ3v) is 5.41. The topological polar surface area (TPSA) is 133 Å². The summed E-state index contributed by atoms with van der Waals surface area (Å²) in [6.45, 7) is 0. The van der Waals surface area contributed by atoms with Crippen LogP contribution in [0.4, 0.5) is 11.6 Å². The number of rotatable bonds is 6. The number of carbonyl (C=O) groups excluding carboxylic acids is 2. The van der Waals surface area contributed by atoms with Gasteiger partial charge in [0.2, 0.25) is 0 Å². The quantitative estimate of drug-likeness (QED) is 0.326. The molecule has 4 aromatic rings. The van der Waals surface area contributed by atoms with Crippen LogP contribution >= 0.6 is 11.3 Å². The van der Waals surface area contributed by atoms with Gasteiger partial charge in [0.25, 0.3) is 11.8 Å². The molecule has 2 aromatic heterocycles. The molecule has 2 unspecified atom stereocenters. The van der Waals surface area contributed by atoms with Gasteiger partial charge in [-0.05, 0) is 35.2 Å². The van der Waals surface area contributed by atoms with Crippen LogP contribution in [0.25, 0.3) is 11.0 Å². The first-order valence-corrected chi connectivity index (χ1v) is 10.0. The van der Waals surface area contributed by atoms with Gasteiger partial charge in [-0.3, -0.25) is 9.59 Å². The van der Waals surface area contributed by atoms with E-state index >= 15 is 0 Å². The van der Waals surface area contributed by atoms with Crippen LogP contribution in [-0.2, 0) is 4.79 Å². The van der Waals surface area contributed by atoms with Crippen molar-refractivity contribution in [2.24, 2.45) is 0 Å². The molecule has 8 nitrogen and oxygen atoms in total. The molecule has 0 aliphatic carbocycles. The van der Waals surface area contributed by atoms with Crippen LogP contribution < -0.4 is 16.4 Å². The molecule has 6 N–H and O–H groups in total. The molecule has 0 spiro atoms. The number of carbonyl (C=O) groups is 2. The van der Waals surface area contributed by atoms with Crippen molar-refractivity contribution in [2.45, 2.75) is 12.1 Å². The number of H-pyrrole nitrogens is 1. The zero-order valence-electron chi connectivity index (χ0n) is 15.7. The van der Waals surface area contributed by atoms with E-state index in [1.807, 2.05) is 6.07 Å². The summed E-state index contributed by atoms with van der Waals surface area (Å²) >= 11 is 1.28. The summed E-state index contributed by atoms with van der Waals surface area (Å²) < 4.78 is 0. The van der Waals surface area contributed by atoms with Gasteiger partial charge in [-0.1, -0.05) is 36.4 Å². The smallest absolute Gasteiger partial charge is 0.261 e. The monoisotopic (exact) mass is 421 g/mol. The minimum atomic E-state index is -1.51. The van der Waals surface area contributed by atoms with Crippen molar-refractivity contribution >= 4 is 45.8 Å². The van der Waals surface area contributed by atoms with E-state index in [-0.39, 0.29) is 11.9 Å². The number of fused-ring (bicyclic) bond motifs is 1. The zero-order chi connectivity index (χ0) is 21.1. The number of nitrogens with one attached hydrogen (secondary N) is 3. The average Bonchev–Trinajstić information content (AvgIpc) is 3.40. The lowest BCUT2D eigenvalue weighted by Crippen LogP contribution is -2.42. The number of imidazole rings is 1. The second kappa shape index (κ2) is 8.36. The van der Waals surface area contributed by atoms with E-state index in [9.17, 15) is 14.7 Å². The van der Waals surface area contributed by atoms with Gasteiger partial charge in [-0.25, -0.2) is 4.98 Å². The Hall–Kier alpha value is -3.69. The number of benzene rings is 2. The van der Waals surface area contributed by atoms with E-state index in [2.05, 4.69) is 20.6 Å². The maximum absolute atomic E-state index is 12.8. The molecule has 2 heterocycles. The van der Waals surface area contributed by atoms with Crippen LogP contribution in [0.2, 0.25) is 0 Å². The van der Waals surface area contributed by atoms with Gasteiger partial charge in [0, 0.05) is 5.69 Å². The Balaban J connectivity index is 1.55. The molecule has 0 aliphatic heterocycles. The third-order valence-electron chi connectivity index (χ3n) is 4.54. The summed E-state index contributed by atoms with van der Waals surface area (Å²) in [4.78, 5) is 32.8. The number of amides is 2. The molecule has 2 amide bonds. The molecule has 9 heteroatoms. The number of anilines is 2. The normalized spacial score (nSPS) is 13.0. The Morgan fingerprint density at radius 2 is 1.90 bits per heavy atom. The fourth-order valence-corrected chi connectivity index (χ4v) is 3.73. The van der Waals surface area contributed by atoms with Gasteiger partial charge in [0.1, 0.15) is 0 Å². The number of hydrogen-bond acceptors (Lipinski definition) is 6. The molecule has 30 heavy (non-hydrogen) atoms. The summed E-state index contributed by atoms with van der Waals surface area (Å²) in [6, 6.07) is 16.4. The van der Waals surface area contributed by atoms with Gasteiger partial charge in [0.05, 0.1) is 22.0 Å². The van der Waals surface area contributed by atoms with E-state index < -0.39 is 18.1 Å². The second-order valence-electron chi connectivity index (χ2n) is 6.63. The predicted octanol–water partition coefficient (Wildman–Crippen LogP) is 2.68. The first-order valence-electron chi connectivity index (χ1n) is 9.15. The Kier molecular flexibility index (Phi) is 5.46. The summed E-state index contributed by atoms with van der Waals surface area (Å²) in [5, 5.41) is 18.0. The molecule has 0 fully saturated rings. The number of hydrogen-bond donors (Lipinski definition) is 5. The van der Waals surface area contributed by atoms with Gasteiger partial charge in [-0.2, -0.15) is 0 Å².